The molecule has 0 heterocycles. The molecule has 0 atom stereocenters. The minimum absolute atomic E-state index is 0.0480. The normalized spacial score (nSPS) is 13.8. The van der Waals surface area contributed by atoms with Crippen LogP contribution in [0.1, 0.15) is 25.0 Å². The van der Waals surface area contributed by atoms with Crippen LogP contribution in [-0.4, -0.2) is 0 Å². The molecule has 0 saturated carbocycles. The van der Waals surface area contributed by atoms with E-state index in [1.165, 1.54) is 87.6 Å². The maximum Gasteiger partial charge on any atom is 0.0159 e. The van der Waals surface area contributed by atoms with Gasteiger partial charge in [0.2, 0.25) is 0 Å². The summed E-state index contributed by atoms with van der Waals surface area (Å²) in [6.45, 7) is 4.75. The first-order chi connectivity index (χ1) is 20.1. The van der Waals surface area contributed by atoms with Gasteiger partial charge in [0, 0.05) is 5.41 Å². The van der Waals surface area contributed by atoms with E-state index in [9.17, 15) is 0 Å². The van der Waals surface area contributed by atoms with Gasteiger partial charge in [-0.1, -0.05) is 129 Å². The zero-order chi connectivity index (χ0) is 27.3. The van der Waals surface area contributed by atoms with Gasteiger partial charge in [0.25, 0.3) is 0 Å². The lowest BCUT2D eigenvalue weighted by Gasteiger charge is -2.22. The number of fused-ring (bicyclic) bond motifs is 5. The standard InChI is InChI=1S/C41H28/c1-41(2)36-20-18-28(31-22-29-16-14-26-10-6-11-27-15-17-30(23-31)39(29)38(26)27)24-35(36)40-34-13-7-12-32(25-8-4-3-5-9-25)33(34)19-21-37(40)41/h3-24H,1-2H3. The average molecular weight is 521 g/mol. The van der Waals surface area contributed by atoms with Crippen molar-refractivity contribution in [3.63, 3.8) is 0 Å². The van der Waals surface area contributed by atoms with Gasteiger partial charge in [0.15, 0.2) is 0 Å². The number of benzene rings is 8. The van der Waals surface area contributed by atoms with E-state index < -0.39 is 0 Å². The molecule has 8 aromatic carbocycles. The molecule has 0 radical (unpaired) electrons. The van der Waals surface area contributed by atoms with Crippen LogP contribution < -0.4 is 0 Å². The van der Waals surface area contributed by atoms with Gasteiger partial charge in [-0.3, -0.25) is 0 Å². The first-order valence-corrected chi connectivity index (χ1v) is 14.5. The molecule has 9 rings (SSSR count). The third-order valence-corrected chi connectivity index (χ3v) is 9.58. The summed E-state index contributed by atoms with van der Waals surface area (Å²) in [6.07, 6.45) is 0. The third kappa shape index (κ3) is 3.11. The molecule has 192 valence electrons. The lowest BCUT2D eigenvalue weighted by Crippen LogP contribution is -2.14. The van der Waals surface area contributed by atoms with Crippen LogP contribution >= 0.6 is 0 Å². The Morgan fingerprint density at radius 3 is 1.80 bits per heavy atom. The van der Waals surface area contributed by atoms with Crippen molar-refractivity contribution in [2.24, 2.45) is 0 Å². The summed E-state index contributed by atoms with van der Waals surface area (Å²) >= 11 is 0. The number of hydrogen-bond acceptors (Lipinski definition) is 0. The van der Waals surface area contributed by atoms with E-state index in [4.69, 9.17) is 0 Å². The molecular weight excluding hydrogens is 492 g/mol. The molecule has 0 bridgehead atoms. The van der Waals surface area contributed by atoms with Crippen molar-refractivity contribution in [3.8, 4) is 33.4 Å². The Balaban J connectivity index is 1.28. The topological polar surface area (TPSA) is 0 Å². The maximum absolute atomic E-state index is 2.45. The van der Waals surface area contributed by atoms with Crippen molar-refractivity contribution in [1.82, 2.24) is 0 Å². The predicted octanol–water partition coefficient (Wildman–Crippen LogP) is 11.4. The Bertz CT molecular complexity index is 2250. The Labute approximate surface area is 239 Å². The fraction of sp³-hybridized carbons (Fsp3) is 0.0732. The summed E-state index contributed by atoms with van der Waals surface area (Å²) in [5.74, 6) is 0. The van der Waals surface area contributed by atoms with Crippen LogP contribution in [0, 0.1) is 0 Å². The molecule has 0 saturated heterocycles. The van der Waals surface area contributed by atoms with Gasteiger partial charge < -0.3 is 0 Å². The van der Waals surface area contributed by atoms with E-state index in [0.717, 1.165) is 0 Å². The fourth-order valence-corrected chi connectivity index (χ4v) is 7.58. The van der Waals surface area contributed by atoms with Gasteiger partial charge in [0.05, 0.1) is 0 Å². The fourth-order valence-electron chi connectivity index (χ4n) is 7.58. The summed E-state index contributed by atoms with van der Waals surface area (Å²) in [5.41, 5.74) is 10.6. The number of rotatable bonds is 2. The lowest BCUT2D eigenvalue weighted by atomic mass is 9.81. The molecule has 0 fully saturated rings. The highest BCUT2D eigenvalue weighted by atomic mass is 14.4. The minimum atomic E-state index is -0.0480. The van der Waals surface area contributed by atoms with Gasteiger partial charge in [-0.25, -0.2) is 0 Å². The van der Waals surface area contributed by atoms with E-state index >= 15 is 0 Å². The Kier molecular flexibility index (Phi) is 4.49. The summed E-state index contributed by atoms with van der Waals surface area (Å²) in [7, 11) is 0. The van der Waals surface area contributed by atoms with Crippen molar-refractivity contribution in [2.75, 3.05) is 0 Å². The Morgan fingerprint density at radius 1 is 0.390 bits per heavy atom. The molecule has 0 aliphatic heterocycles. The molecule has 0 heteroatoms. The lowest BCUT2D eigenvalue weighted by molar-refractivity contribution is 0.661. The monoisotopic (exact) mass is 520 g/mol. The average Bonchev–Trinajstić information content (AvgIpc) is 3.25. The van der Waals surface area contributed by atoms with Crippen molar-refractivity contribution in [1.29, 1.82) is 0 Å². The molecule has 41 heavy (non-hydrogen) atoms. The van der Waals surface area contributed by atoms with Gasteiger partial charge in [0.1, 0.15) is 0 Å². The first kappa shape index (κ1) is 22.8. The second-order valence-electron chi connectivity index (χ2n) is 12.1. The van der Waals surface area contributed by atoms with Crippen LogP contribution in [0.25, 0.3) is 76.5 Å². The molecule has 0 amide bonds. The van der Waals surface area contributed by atoms with Crippen molar-refractivity contribution in [2.45, 2.75) is 19.3 Å². The van der Waals surface area contributed by atoms with E-state index in [-0.39, 0.29) is 5.41 Å². The van der Waals surface area contributed by atoms with Crippen LogP contribution in [0.2, 0.25) is 0 Å². The molecule has 0 nitrogen and oxygen atoms in total. The first-order valence-electron chi connectivity index (χ1n) is 14.5. The number of hydrogen-bond donors (Lipinski definition) is 0. The second-order valence-corrected chi connectivity index (χ2v) is 12.1. The summed E-state index contributed by atoms with van der Waals surface area (Å²) in [5, 5.41) is 10.6. The van der Waals surface area contributed by atoms with Crippen LogP contribution in [0.3, 0.4) is 0 Å². The summed E-state index contributed by atoms with van der Waals surface area (Å²) in [6, 6.07) is 49.9. The largest absolute Gasteiger partial charge is 0.0622 e. The molecule has 0 spiro atoms. The molecule has 1 aliphatic rings. The maximum atomic E-state index is 2.45. The molecule has 0 unspecified atom stereocenters. The summed E-state index contributed by atoms with van der Waals surface area (Å²) < 4.78 is 0. The Hall–Kier alpha value is -4.94. The highest BCUT2D eigenvalue weighted by molar-refractivity contribution is 6.23. The Morgan fingerprint density at radius 2 is 1.05 bits per heavy atom. The zero-order valence-corrected chi connectivity index (χ0v) is 23.2. The molecule has 1 aliphatic carbocycles. The SMILES string of the molecule is CC1(C)c2ccc(-c3cc4ccc5cccc6ccc(c3)c4c56)cc2-c2c1ccc1c(-c3ccccc3)cccc21. The highest BCUT2D eigenvalue weighted by Crippen LogP contribution is 2.53. The smallest absolute Gasteiger partial charge is 0.0159 e. The zero-order valence-electron chi connectivity index (χ0n) is 23.2. The van der Waals surface area contributed by atoms with Crippen molar-refractivity contribution in [3.05, 3.63) is 145 Å². The van der Waals surface area contributed by atoms with Gasteiger partial charge in [-0.05, 0) is 106 Å². The van der Waals surface area contributed by atoms with Gasteiger partial charge >= 0.3 is 0 Å². The van der Waals surface area contributed by atoms with E-state index in [0.29, 0.717) is 0 Å². The van der Waals surface area contributed by atoms with Crippen molar-refractivity contribution < 1.29 is 0 Å². The quantitative estimate of drug-likeness (QED) is 0.199. The molecule has 0 aromatic heterocycles. The summed E-state index contributed by atoms with van der Waals surface area (Å²) in [4.78, 5) is 0. The van der Waals surface area contributed by atoms with Crippen LogP contribution in [-0.2, 0) is 5.41 Å². The molecular formula is C41H28. The van der Waals surface area contributed by atoms with E-state index in [1.807, 2.05) is 0 Å². The molecule has 0 N–H and O–H groups in total. The van der Waals surface area contributed by atoms with Crippen LogP contribution in [0.4, 0.5) is 0 Å². The molecule has 8 aromatic rings. The van der Waals surface area contributed by atoms with Crippen LogP contribution in [0.5, 0.6) is 0 Å². The van der Waals surface area contributed by atoms with Gasteiger partial charge in [-0.2, -0.15) is 0 Å². The predicted molar refractivity (Wildman–Crippen MR) is 176 cm³/mol. The van der Waals surface area contributed by atoms with E-state index in [1.54, 1.807) is 0 Å². The minimum Gasteiger partial charge on any atom is -0.0622 e. The van der Waals surface area contributed by atoms with Crippen LogP contribution in [0.15, 0.2) is 133 Å². The van der Waals surface area contributed by atoms with E-state index in [2.05, 4.69) is 147 Å². The third-order valence-electron chi connectivity index (χ3n) is 9.58. The van der Waals surface area contributed by atoms with Gasteiger partial charge in [-0.15, -0.1) is 0 Å². The second kappa shape index (κ2) is 8.05. The highest BCUT2D eigenvalue weighted by Gasteiger charge is 2.36. The van der Waals surface area contributed by atoms with Crippen molar-refractivity contribution >= 4 is 43.1 Å².